The van der Waals surface area contributed by atoms with E-state index in [0.717, 1.165) is 22.0 Å². The molecule has 18 heavy (non-hydrogen) atoms. The van der Waals surface area contributed by atoms with E-state index in [4.69, 9.17) is 0 Å². The predicted octanol–water partition coefficient (Wildman–Crippen LogP) is 1.22. The third-order valence-corrected chi connectivity index (χ3v) is 4.91. The van der Waals surface area contributed by atoms with Crippen molar-refractivity contribution in [3.05, 3.63) is 54.1 Å². The Hall–Kier alpha value is -1.57. The van der Waals surface area contributed by atoms with Crippen LogP contribution in [0.15, 0.2) is 48.5 Å². The zero-order chi connectivity index (χ0) is 13.0. The van der Waals surface area contributed by atoms with Crippen LogP contribution in [0.4, 0.5) is 5.69 Å². The number of carbonyl (C=O) groups excluding carboxylic acids is 1. The summed E-state index contributed by atoms with van der Waals surface area (Å²) in [7, 11) is 3.96. The number of rotatable bonds is 4. The molecule has 2 aromatic carbocycles. The molecule has 0 saturated heterocycles. The van der Waals surface area contributed by atoms with Crippen LogP contribution in [0.1, 0.15) is 10.4 Å². The summed E-state index contributed by atoms with van der Waals surface area (Å²) in [6.45, 7) is 0. The van der Waals surface area contributed by atoms with Crippen LogP contribution in [0.25, 0.3) is 0 Å². The molecule has 2 aromatic rings. The molecule has 2 rings (SSSR count). The van der Waals surface area contributed by atoms with E-state index in [2.05, 4.69) is 24.3 Å². The quantitative estimate of drug-likeness (QED) is 0.625. The van der Waals surface area contributed by atoms with Gasteiger partial charge in [-0.05, 0) is 0 Å². The van der Waals surface area contributed by atoms with Gasteiger partial charge in [0.2, 0.25) is 0 Å². The average Bonchev–Trinajstić information content (AvgIpc) is 2.40. The Balaban J connectivity index is 2.31. The molecule has 0 aromatic heterocycles. The van der Waals surface area contributed by atoms with Crippen molar-refractivity contribution in [2.24, 2.45) is 0 Å². The normalized spacial score (nSPS) is 10.1. The molecule has 0 saturated carbocycles. The van der Waals surface area contributed by atoms with Crippen LogP contribution >= 0.6 is 0 Å². The van der Waals surface area contributed by atoms with Gasteiger partial charge in [-0.15, -0.1) is 0 Å². The summed E-state index contributed by atoms with van der Waals surface area (Å²) in [4.78, 5) is 13.2. The Labute approximate surface area is 114 Å². The van der Waals surface area contributed by atoms with Crippen LogP contribution in [0, 0.1) is 0 Å². The Morgan fingerprint density at radius 1 is 1.06 bits per heavy atom. The molecule has 2 nitrogen and oxygen atoms in total. The minimum absolute atomic E-state index is 0.183. The summed E-state index contributed by atoms with van der Waals surface area (Å²) >= 11 is 0.183. The Morgan fingerprint density at radius 3 is 2.39 bits per heavy atom. The van der Waals surface area contributed by atoms with E-state index in [1.807, 2.05) is 43.3 Å². The summed E-state index contributed by atoms with van der Waals surface area (Å²) in [6, 6.07) is 16.4. The molecule has 3 heteroatoms. The van der Waals surface area contributed by atoms with Crippen molar-refractivity contribution in [3.8, 4) is 0 Å². The summed E-state index contributed by atoms with van der Waals surface area (Å²) in [6.07, 6.45) is 0.951. The van der Waals surface area contributed by atoms with Gasteiger partial charge in [-0.3, -0.25) is 0 Å². The van der Waals surface area contributed by atoms with E-state index >= 15 is 0 Å². The van der Waals surface area contributed by atoms with Crippen LogP contribution in [0.2, 0.25) is 0 Å². The van der Waals surface area contributed by atoms with E-state index in [0.29, 0.717) is 0 Å². The van der Waals surface area contributed by atoms with E-state index in [1.54, 1.807) is 0 Å². The molecule has 0 aliphatic rings. The van der Waals surface area contributed by atoms with Gasteiger partial charge in [-0.25, -0.2) is 0 Å². The van der Waals surface area contributed by atoms with Crippen molar-refractivity contribution >= 4 is 35.9 Å². The average molecular weight is 304 g/mol. The molecule has 0 spiro atoms. The number of carbonyl (C=O) groups is 1. The van der Waals surface area contributed by atoms with Gasteiger partial charge in [0, 0.05) is 0 Å². The number of anilines is 1. The van der Waals surface area contributed by atoms with Gasteiger partial charge < -0.3 is 0 Å². The molecule has 0 fully saturated rings. The van der Waals surface area contributed by atoms with E-state index < -0.39 is 0 Å². The number of hydrogen-bond acceptors (Lipinski definition) is 2. The van der Waals surface area contributed by atoms with Gasteiger partial charge in [0.25, 0.3) is 0 Å². The summed E-state index contributed by atoms with van der Waals surface area (Å²) in [5.41, 5.74) is 1.86. The molecule has 0 radical (unpaired) electrons. The van der Waals surface area contributed by atoms with Gasteiger partial charge in [-0.1, -0.05) is 0 Å². The number of hydrogen-bond donors (Lipinski definition) is 0. The zero-order valence-corrected chi connectivity index (χ0v) is 12.2. The SMILES string of the molecule is CN(C)c1ccc([Se]c2ccccc2)c(C=O)c1. The van der Waals surface area contributed by atoms with Crippen LogP contribution in [-0.4, -0.2) is 35.3 Å². The fraction of sp³-hybridized carbons (Fsp3) is 0.133. The Morgan fingerprint density at radius 2 is 1.78 bits per heavy atom. The summed E-state index contributed by atoms with van der Waals surface area (Å²) in [5, 5.41) is 0. The van der Waals surface area contributed by atoms with E-state index in [-0.39, 0.29) is 15.0 Å². The van der Waals surface area contributed by atoms with Gasteiger partial charge in [-0.2, -0.15) is 0 Å². The molecular weight excluding hydrogens is 289 g/mol. The summed E-state index contributed by atoms with van der Waals surface area (Å²) in [5.74, 6) is 0. The summed E-state index contributed by atoms with van der Waals surface area (Å²) < 4.78 is 2.42. The first-order chi connectivity index (χ1) is 8.70. The van der Waals surface area contributed by atoms with Crippen LogP contribution < -0.4 is 13.8 Å². The van der Waals surface area contributed by atoms with Crippen LogP contribution in [0.3, 0.4) is 0 Å². The van der Waals surface area contributed by atoms with Crippen molar-refractivity contribution in [1.29, 1.82) is 0 Å². The van der Waals surface area contributed by atoms with Gasteiger partial charge >= 0.3 is 114 Å². The van der Waals surface area contributed by atoms with Crippen LogP contribution in [0.5, 0.6) is 0 Å². The molecule has 0 bridgehead atoms. The number of aldehydes is 1. The topological polar surface area (TPSA) is 20.3 Å². The van der Waals surface area contributed by atoms with E-state index in [9.17, 15) is 4.79 Å². The molecule has 0 aliphatic carbocycles. The first-order valence-electron chi connectivity index (χ1n) is 5.70. The van der Waals surface area contributed by atoms with Crippen LogP contribution in [-0.2, 0) is 0 Å². The predicted molar refractivity (Wildman–Crippen MR) is 77.6 cm³/mol. The van der Waals surface area contributed by atoms with Crippen molar-refractivity contribution in [2.75, 3.05) is 19.0 Å². The molecule has 0 heterocycles. The third kappa shape index (κ3) is 3.00. The molecular formula is C15H15NOSe. The van der Waals surface area contributed by atoms with Gasteiger partial charge in [0.05, 0.1) is 0 Å². The number of nitrogens with zero attached hydrogens (tertiary/aromatic N) is 1. The monoisotopic (exact) mass is 305 g/mol. The van der Waals surface area contributed by atoms with Crippen molar-refractivity contribution < 1.29 is 4.79 Å². The maximum absolute atomic E-state index is 11.2. The first-order valence-corrected chi connectivity index (χ1v) is 7.41. The molecule has 0 N–H and O–H groups in total. The van der Waals surface area contributed by atoms with Gasteiger partial charge in [0.15, 0.2) is 0 Å². The van der Waals surface area contributed by atoms with Crippen molar-refractivity contribution in [1.82, 2.24) is 0 Å². The molecule has 0 amide bonds. The Bertz CT molecular complexity index is 537. The minimum atomic E-state index is 0.183. The second-order valence-electron chi connectivity index (χ2n) is 4.15. The zero-order valence-electron chi connectivity index (χ0n) is 10.5. The molecule has 0 aliphatic heterocycles. The van der Waals surface area contributed by atoms with Crippen molar-refractivity contribution in [3.63, 3.8) is 0 Å². The van der Waals surface area contributed by atoms with Gasteiger partial charge in [0.1, 0.15) is 0 Å². The standard InChI is InChI=1S/C15H15NOSe/c1-16(2)13-8-9-15(12(10-13)11-17)18-14-6-4-3-5-7-14/h3-11H,1-2H3. The van der Waals surface area contributed by atoms with Crippen molar-refractivity contribution in [2.45, 2.75) is 0 Å². The maximum atomic E-state index is 11.2. The first kappa shape index (κ1) is 12.9. The fourth-order valence-corrected chi connectivity index (χ4v) is 3.52. The molecule has 0 unspecified atom stereocenters. The fourth-order valence-electron chi connectivity index (χ4n) is 1.61. The third-order valence-electron chi connectivity index (χ3n) is 2.61. The second-order valence-corrected chi connectivity index (χ2v) is 6.49. The number of benzene rings is 2. The molecule has 92 valence electrons. The molecule has 0 atom stereocenters. The Kier molecular flexibility index (Phi) is 4.19. The second kappa shape index (κ2) is 5.85. The van der Waals surface area contributed by atoms with E-state index in [1.165, 1.54) is 4.46 Å².